The molecule has 0 amide bonds. The minimum absolute atomic E-state index is 0.129. The summed E-state index contributed by atoms with van der Waals surface area (Å²) in [5, 5.41) is 6.59. The lowest BCUT2D eigenvalue weighted by molar-refractivity contribution is 0.602. The van der Waals surface area contributed by atoms with Gasteiger partial charge in [0.05, 0.1) is 11.5 Å². The highest BCUT2D eigenvalue weighted by atomic mass is 32.2. The number of sulfone groups is 1. The number of benzene rings is 2. The molecule has 2 aromatic carbocycles. The maximum absolute atomic E-state index is 11.8. The van der Waals surface area contributed by atoms with Crippen LogP contribution in [0.5, 0.6) is 0 Å². The summed E-state index contributed by atoms with van der Waals surface area (Å²) in [7, 11) is -2.96. The van der Waals surface area contributed by atoms with Crippen molar-refractivity contribution < 1.29 is 8.42 Å². The lowest BCUT2D eigenvalue weighted by Gasteiger charge is -2.15. The Balaban J connectivity index is 1.65. The van der Waals surface area contributed by atoms with E-state index in [1.807, 2.05) is 67.6 Å². The van der Waals surface area contributed by atoms with Crippen molar-refractivity contribution in [2.45, 2.75) is 19.4 Å². The molecule has 3 aromatic rings. The second-order valence-electron chi connectivity index (χ2n) is 7.06. The molecule has 1 fully saturated rings. The highest BCUT2D eigenvalue weighted by Gasteiger charge is 2.28. The molecule has 0 bridgehead atoms. The third kappa shape index (κ3) is 4.48. The summed E-state index contributed by atoms with van der Waals surface area (Å²) in [6.45, 7) is 2.04. The minimum atomic E-state index is -2.96. The molecule has 1 aliphatic heterocycles. The predicted molar refractivity (Wildman–Crippen MR) is 113 cm³/mol. The van der Waals surface area contributed by atoms with Crippen LogP contribution in [0.4, 0.5) is 17.3 Å². The maximum atomic E-state index is 11.8. The fraction of sp³-hybridized carbons (Fsp3) is 0.238. The number of nitrogens with one attached hydrogen (secondary N) is 2. The van der Waals surface area contributed by atoms with Gasteiger partial charge in [-0.3, -0.25) is 0 Å². The van der Waals surface area contributed by atoms with Crippen molar-refractivity contribution in [2.24, 2.45) is 0 Å². The molecule has 1 aliphatic rings. The van der Waals surface area contributed by atoms with E-state index >= 15 is 0 Å². The van der Waals surface area contributed by atoms with Gasteiger partial charge in [0.15, 0.2) is 15.7 Å². The summed E-state index contributed by atoms with van der Waals surface area (Å²) in [6, 6.07) is 19.5. The number of aryl methyl sites for hydroxylation is 1. The molecular weight excluding hydrogens is 372 g/mol. The van der Waals surface area contributed by atoms with Crippen molar-refractivity contribution in [1.29, 1.82) is 0 Å². The quantitative estimate of drug-likeness (QED) is 0.685. The smallest absolute Gasteiger partial charge is 0.163 e. The summed E-state index contributed by atoms with van der Waals surface area (Å²) >= 11 is 0. The Bertz CT molecular complexity index is 1070. The molecule has 0 spiro atoms. The van der Waals surface area contributed by atoms with Gasteiger partial charge in [0.25, 0.3) is 0 Å². The van der Waals surface area contributed by atoms with Crippen LogP contribution in [0.15, 0.2) is 60.7 Å². The minimum Gasteiger partial charge on any atom is -0.366 e. The molecule has 6 nitrogen and oxygen atoms in total. The molecule has 0 radical (unpaired) electrons. The Morgan fingerprint density at radius 2 is 1.68 bits per heavy atom. The van der Waals surface area contributed by atoms with Gasteiger partial charge in [0, 0.05) is 23.4 Å². The van der Waals surface area contributed by atoms with Crippen molar-refractivity contribution in [2.75, 3.05) is 22.1 Å². The maximum Gasteiger partial charge on any atom is 0.163 e. The van der Waals surface area contributed by atoms with E-state index in [0.29, 0.717) is 23.9 Å². The molecule has 4 rings (SSSR count). The second-order valence-corrected chi connectivity index (χ2v) is 9.29. The van der Waals surface area contributed by atoms with E-state index in [9.17, 15) is 8.42 Å². The molecule has 1 saturated heterocycles. The molecular formula is C21H22N4O2S. The Morgan fingerprint density at radius 1 is 0.964 bits per heavy atom. The first-order valence-corrected chi connectivity index (χ1v) is 11.0. The molecule has 2 heterocycles. The van der Waals surface area contributed by atoms with Crippen LogP contribution in [0.25, 0.3) is 11.4 Å². The number of rotatable bonds is 5. The standard InChI is InChI=1S/C21H22N4O2S/c1-15-7-9-17(10-8-15)22-19-13-20(23-18-11-12-28(26,27)14-18)25-21(24-19)16-5-3-2-4-6-16/h2-10,13,18H,11-12,14H2,1H3,(H2,22,23,24,25). The van der Waals surface area contributed by atoms with Crippen LogP contribution in [-0.4, -0.2) is 35.9 Å². The van der Waals surface area contributed by atoms with Gasteiger partial charge in [-0.15, -0.1) is 0 Å². The van der Waals surface area contributed by atoms with Gasteiger partial charge in [0.1, 0.15) is 11.6 Å². The van der Waals surface area contributed by atoms with Gasteiger partial charge in [-0.2, -0.15) is 0 Å². The Kier molecular flexibility index (Phi) is 5.00. The topological polar surface area (TPSA) is 84.0 Å². The van der Waals surface area contributed by atoms with Crippen molar-refractivity contribution in [3.05, 3.63) is 66.2 Å². The molecule has 1 aromatic heterocycles. The van der Waals surface area contributed by atoms with E-state index in [1.165, 1.54) is 5.56 Å². The fourth-order valence-electron chi connectivity index (χ4n) is 3.20. The first-order chi connectivity index (χ1) is 13.5. The van der Waals surface area contributed by atoms with E-state index in [4.69, 9.17) is 0 Å². The van der Waals surface area contributed by atoms with Crippen molar-refractivity contribution in [3.63, 3.8) is 0 Å². The molecule has 28 heavy (non-hydrogen) atoms. The Morgan fingerprint density at radius 3 is 2.36 bits per heavy atom. The average molecular weight is 395 g/mol. The number of aromatic nitrogens is 2. The highest BCUT2D eigenvalue weighted by Crippen LogP contribution is 2.24. The van der Waals surface area contributed by atoms with Crippen LogP contribution in [0.3, 0.4) is 0 Å². The van der Waals surface area contributed by atoms with E-state index < -0.39 is 9.84 Å². The van der Waals surface area contributed by atoms with Crippen molar-refractivity contribution in [3.8, 4) is 11.4 Å². The van der Waals surface area contributed by atoms with Crippen LogP contribution in [-0.2, 0) is 9.84 Å². The van der Waals surface area contributed by atoms with Gasteiger partial charge >= 0.3 is 0 Å². The molecule has 2 N–H and O–H groups in total. The molecule has 144 valence electrons. The number of hydrogen-bond acceptors (Lipinski definition) is 6. The largest absolute Gasteiger partial charge is 0.366 e. The van der Waals surface area contributed by atoms with E-state index in [0.717, 1.165) is 11.3 Å². The van der Waals surface area contributed by atoms with Crippen molar-refractivity contribution >= 4 is 27.2 Å². The fourth-order valence-corrected chi connectivity index (χ4v) is 4.88. The zero-order valence-electron chi connectivity index (χ0n) is 15.6. The summed E-state index contributed by atoms with van der Waals surface area (Å²) in [5.41, 5.74) is 3.01. The zero-order chi connectivity index (χ0) is 19.6. The highest BCUT2D eigenvalue weighted by molar-refractivity contribution is 7.91. The van der Waals surface area contributed by atoms with Crippen LogP contribution in [0.2, 0.25) is 0 Å². The summed E-state index contributed by atoms with van der Waals surface area (Å²) in [5.74, 6) is 2.21. The Hall–Kier alpha value is -2.93. The molecule has 1 unspecified atom stereocenters. The molecule has 0 aliphatic carbocycles. The SMILES string of the molecule is Cc1ccc(Nc2cc(NC3CCS(=O)(=O)C3)nc(-c3ccccc3)n2)cc1. The number of hydrogen-bond donors (Lipinski definition) is 2. The van der Waals surface area contributed by atoms with Gasteiger partial charge in [-0.1, -0.05) is 48.0 Å². The van der Waals surface area contributed by atoms with Crippen LogP contribution in [0.1, 0.15) is 12.0 Å². The molecule has 1 atom stereocenters. The molecule has 7 heteroatoms. The van der Waals surface area contributed by atoms with Crippen molar-refractivity contribution in [1.82, 2.24) is 9.97 Å². The van der Waals surface area contributed by atoms with Crippen LogP contribution >= 0.6 is 0 Å². The van der Waals surface area contributed by atoms with Crippen LogP contribution < -0.4 is 10.6 Å². The monoisotopic (exact) mass is 394 g/mol. The first-order valence-electron chi connectivity index (χ1n) is 9.22. The van der Waals surface area contributed by atoms with E-state index in [2.05, 4.69) is 20.6 Å². The third-order valence-corrected chi connectivity index (χ3v) is 6.43. The normalized spacial score (nSPS) is 18.0. The predicted octanol–water partition coefficient (Wildman–Crippen LogP) is 3.79. The first kappa shape index (κ1) is 18.4. The van der Waals surface area contributed by atoms with E-state index in [-0.39, 0.29) is 17.5 Å². The average Bonchev–Trinajstić information content (AvgIpc) is 3.02. The summed E-state index contributed by atoms with van der Waals surface area (Å²) < 4.78 is 23.5. The number of anilines is 3. The Labute approximate surface area is 165 Å². The number of nitrogens with zero attached hydrogens (tertiary/aromatic N) is 2. The summed E-state index contributed by atoms with van der Waals surface area (Å²) in [6.07, 6.45) is 0.591. The van der Waals surface area contributed by atoms with Gasteiger partial charge < -0.3 is 10.6 Å². The van der Waals surface area contributed by atoms with E-state index in [1.54, 1.807) is 0 Å². The lowest BCUT2D eigenvalue weighted by Crippen LogP contribution is -2.21. The lowest BCUT2D eigenvalue weighted by atomic mass is 10.2. The zero-order valence-corrected chi connectivity index (χ0v) is 16.4. The summed E-state index contributed by atoms with van der Waals surface area (Å²) in [4.78, 5) is 9.26. The van der Waals surface area contributed by atoms with Crippen LogP contribution in [0, 0.1) is 6.92 Å². The molecule has 0 saturated carbocycles. The van der Waals surface area contributed by atoms with Gasteiger partial charge in [0.2, 0.25) is 0 Å². The van der Waals surface area contributed by atoms with Gasteiger partial charge in [-0.25, -0.2) is 18.4 Å². The third-order valence-electron chi connectivity index (χ3n) is 4.67. The second kappa shape index (κ2) is 7.59. The van der Waals surface area contributed by atoms with Gasteiger partial charge in [-0.05, 0) is 25.5 Å².